The molecule has 0 aromatic heterocycles. The summed E-state index contributed by atoms with van der Waals surface area (Å²) >= 11 is 0. The first-order valence-electron chi connectivity index (χ1n) is 19.9. The van der Waals surface area contributed by atoms with E-state index in [4.69, 9.17) is 10.3 Å². The summed E-state index contributed by atoms with van der Waals surface area (Å²) in [6.07, 6.45) is 8.41. The molecule has 0 unspecified atom stereocenters. The van der Waals surface area contributed by atoms with E-state index in [0.29, 0.717) is 6.61 Å². The maximum absolute atomic E-state index is 11.6. The lowest BCUT2D eigenvalue weighted by atomic mass is 9.66. The molecule has 0 saturated heterocycles. The van der Waals surface area contributed by atoms with Gasteiger partial charge in [0, 0.05) is 5.41 Å². The Morgan fingerprint density at radius 1 is 0.491 bits per heavy atom. The van der Waals surface area contributed by atoms with Gasteiger partial charge in [0.15, 0.2) is 0 Å². The number of carbonyl (C=O) groups excluding carboxylic acids is 1. The van der Waals surface area contributed by atoms with Gasteiger partial charge in [-0.25, -0.2) is 4.79 Å². The lowest BCUT2D eigenvalue weighted by Crippen LogP contribution is -2.29. The van der Waals surface area contributed by atoms with Gasteiger partial charge >= 0.3 is 12.2 Å². The number of aryl methyl sites for hydroxylation is 3. The molecular formula is C51H52N2O2. The fourth-order valence-corrected chi connectivity index (χ4v) is 7.68. The van der Waals surface area contributed by atoms with Crippen molar-refractivity contribution >= 4 is 12.2 Å². The molecule has 278 valence electrons. The predicted molar refractivity (Wildman–Crippen MR) is 227 cm³/mol. The van der Waals surface area contributed by atoms with Crippen LogP contribution in [0.2, 0.25) is 0 Å². The second-order valence-electron chi connectivity index (χ2n) is 14.4. The molecule has 0 spiro atoms. The van der Waals surface area contributed by atoms with E-state index < -0.39 is 11.4 Å². The van der Waals surface area contributed by atoms with Gasteiger partial charge in [0.05, 0.1) is 6.61 Å². The van der Waals surface area contributed by atoms with Crippen molar-refractivity contribution in [2.45, 2.75) is 77.6 Å². The standard InChI is InChI=1S/C51H52N2O2/c1-4-38-11-17-41(18-12-38)44-23-29-47(30-24-44)51(35-9-7-8-10-36-55-50(54)37-53-52,48-31-25-45(26-32-48)42-19-13-39(5-2)14-20-42)49-33-27-46(28-34-49)43-21-15-40(6-3)16-22-43/h11-34,37H,4-10,35-36H2,1-3H3. The van der Waals surface area contributed by atoms with Crippen LogP contribution in [0.3, 0.4) is 0 Å². The fourth-order valence-electron chi connectivity index (χ4n) is 7.68. The summed E-state index contributed by atoms with van der Waals surface area (Å²) in [4.78, 5) is 14.4. The molecule has 0 aliphatic heterocycles. The molecule has 0 aliphatic carbocycles. The van der Waals surface area contributed by atoms with Crippen LogP contribution in [0, 0.1) is 0 Å². The third kappa shape index (κ3) is 9.46. The van der Waals surface area contributed by atoms with Crippen LogP contribution in [0.4, 0.5) is 0 Å². The molecular weight excluding hydrogens is 673 g/mol. The molecule has 0 fully saturated rings. The van der Waals surface area contributed by atoms with Crippen LogP contribution in [0.1, 0.15) is 86.3 Å². The Morgan fingerprint density at radius 3 is 1.11 bits per heavy atom. The van der Waals surface area contributed by atoms with Crippen LogP contribution in [-0.2, 0) is 34.2 Å². The molecule has 0 bridgehead atoms. The fraction of sp³-hybridized carbons (Fsp3) is 0.255. The number of carbonyl (C=O) groups is 1. The van der Waals surface area contributed by atoms with Crippen molar-refractivity contribution in [3.63, 3.8) is 0 Å². The molecule has 0 saturated carbocycles. The Morgan fingerprint density at radius 2 is 0.800 bits per heavy atom. The molecule has 4 heteroatoms. The molecule has 0 atom stereocenters. The topological polar surface area (TPSA) is 62.7 Å². The molecule has 0 aliphatic rings. The monoisotopic (exact) mass is 724 g/mol. The van der Waals surface area contributed by atoms with Crippen molar-refractivity contribution in [3.8, 4) is 33.4 Å². The average Bonchev–Trinajstić information content (AvgIpc) is 3.25. The van der Waals surface area contributed by atoms with Gasteiger partial charge in [-0.1, -0.05) is 186 Å². The van der Waals surface area contributed by atoms with E-state index in [1.54, 1.807) is 0 Å². The van der Waals surface area contributed by atoms with Gasteiger partial charge < -0.3 is 10.3 Å². The Balaban J connectivity index is 1.40. The first-order valence-corrected chi connectivity index (χ1v) is 19.9. The van der Waals surface area contributed by atoms with Crippen LogP contribution in [0.15, 0.2) is 146 Å². The SMILES string of the molecule is CCc1ccc(-c2ccc(C(CCCCCCOC(=O)C=[N+]=[N-])(c3ccc(-c4ccc(CC)cc4)cc3)c3ccc(-c4ccc(CC)cc4)cc3)cc2)cc1. The van der Waals surface area contributed by atoms with Crippen LogP contribution in [0.25, 0.3) is 38.9 Å². The summed E-state index contributed by atoms with van der Waals surface area (Å²) in [5, 5.41) is 0. The Labute approximate surface area is 327 Å². The third-order valence-electron chi connectivity index (χ3n) is 11.1. The van der Waals surface area contributed by atoms with Crippen LogP contribution in [0.5, 0.6) is 0 Å². The minimum absolute atomic E-state index is 0.304. The Kier molecular flexibility index (Phi) is 13.4. The third-order valence-corrected chi connectivity index (χ3v) is 11.1. The first-order chi connectivity index (χ1) is 27.0. The molecule has 4 nitrogen and oxygen atoms in total. The van der Waals surface area contributed by atoms with Crippen molar-refractivity contribution < 1.29 is 14.3 Å². The highest BCUT2D eigenvalue weighted by molar-refractivity contribution is 6.20. The normalized spacial score (nSPS) is 11.2. The number of hydrogen-bond donors (Lipinski definition) is 0. The second kappa shape index (κ2) is 19.0. The van der Waals surface area contributed by atoms with Crippen molar-refractivity contribution in [2.75, 3.05) is 6.61 Å². The number of esters is 1. The number of nitrogens with zero attached hydrogens (tertiary/aromatic N) is 2. The van der Waals surface area contributed by atoms with Gasteiger partial charge in [0.25, 0.3) is 0 Å². The van der Waals surface area contributed by atoms with E-state index in [1.807, 2.05) is 0 Å². The quantitative estimate of drug-likeness (QED) is 0.0235. The van der Waals surface area contributed by atoms with E-state index in [2.05, 4.69) is 171 Å². The molecule has 0 amide bonds. The van der Waals surface area contributed by atoms with E-state index in [0.717, 1.165) is 57.6 Å². The van der Waals surface area contributed by atoms with E-state index in [1.165, 1.54) is 66.8 Å². The highest BCUT2D eigenvalue weighted by Gasteiger charge is 2.36. The molecule has 6 aromatic rings. The summed E-state index contributed by atoms with van der Waals surface area (Å²) in [6.45, 7) is 6.87. The lowest BCUT2D eigenvalue weighted by molar-refractivity contribution is -0.139. The number of benzene rings is 6. The highest BCUT2D eigenvalue weighted by atomic mass is 16.5. The summed E-state index contributed by atoms with van der Waals surface area (Å²) < 4.78 is 5.17. The summed E-state index contributed by atoms with van der Waals surface area (Å²) in [5.74, 6) is -0.624. The number of ether oxygens (including phenoxy) is 1. The maximum Gasteiger partial charge on any atom is 0.413 e. The van der Waals surface area contributed by atoms with Gasteiger partial charge in [-0.3, -0.25) is 0 Å². The number of unbranched alkanes of at least 4 members (excludes halogenated alkanes) is 3. The van der Waals surface area contributed by atoms with Crippen LogP contribution in [-0.4, -0.2) is 23.6 Å². The predicted octanol–water partition coefficient (Wildman–Crippen LogP) is 12.5. The van der Waals surface area contributed by atoms with E-state index in [9.17, 15) is 4.79 Å². The Bertz CT molecular complexity index is 1940. The van der Waals surface area contributed by atoms with Gasteiger partial charge in [-0.15, -0.1) is 0 Å². The minimum Gasteiger partial charge on any atom is -0.457 e. The van der Waals surface area contributed by atoms with Gasteiger partial charge in [-0.05, 0) is 98.9 Å². The average molecular weight is 725 g/mol. The van der Waals surface area contributed by atoms with Gasteiger partial charge in [-0.2, -0.15) is 4.79 Å². The largest absolute Gasteiger partial charge is 0.457 e. The van der Waals surface area contributed by atoms with E-state index >= 15 is 0 Å². The number of rotatable bonds is 17. The van der Waals surface area contributed by atoms with Crippen molar-refractivity contribution in [1.29, 1.82) is 0 Å². The molecule has 0 radical (unpaired) electrons. The molecule has 0 heterocycles. The summed E-state index contributed by atoms with van der Waals surface area (Å²) in [5.41, 5.74) is 23.3. The Hall–Kier alpha value is -5.83. The first kappa shape index (κ1) is 38.9. The summed E-state index contributed by atoms with van der Waals surface area (Å²) in [6, 6.07) is 54.4. The molecule has 55 heavy (non-hydrogen) atoms. The molecule has 0 N–H and O–H groups in total. The van der Waals surface area contributed by atoms with Gasteiger partial charge in [0.1, 0.15) is 0 Å². The summed E-state index contributed by atoms with van der Waals surface area (Å²) in [7, 11) is 0. The zero-order chi connectivity index (χ0) is 38.5. The van der Waals surface area contributed by atoms with E-state index in [-0.39, 0.29) is 0 Å². The van der Waals surface area contributed by atoms with Crippen molar-refractivity contribution in [2.24, 2.45) is 0 Å². The van der Waals surface area contributed by atoms with Crippen molar-refractivity contribution in [1.82, 2.24) is 0 Å². The zero-order valence-corrected chi connectivity index (χ0v) is 32.5. The van der Waals surface area contributed by atoms with Crippen LogP contribution < -0.4 is 0 Å². The molecule has 6 rings (SSSR count). The minimum atomic E-state index is -0.624. The van der Waals surface area contributed by atoms with Gasteiger partial charge in [0.2, 0.25) is 0 Å². The maximum atomic E-state index is 11.6. The van der Waals surface area contributed by atoms with Crippen LogP contribution >= 0.6 is 0 Å². The van der Waals surface area contributed by atoms with Crippen molar-refractivity contribution in [3.05, 3.63) is 185 Å². The highest BCUT2D eigenvalue weighted by Crippen LogP contribution is 2.45. The smallest absolute Gasteiger partial charge is 0.413 e. The second-order valence-corrected chi connectivity index (χ2v) is 14.4. The zero-order valence-electron chi connectivity index (χ0n) is 32.5. The lowest BCUT2D eigenvalue weighted by Gasteiger charge is -2.37. The number of hydrogen-bond acceptors (Lipinski definition) is 2. The molecule has 6 aromatic carbocycles.